The van der Waals surface area contributed by atoms with Crippen LogP contribution in [0.25, 0.3) is 11.5 Å². The minimum atomic E-state index is 0.392. The van der Waals surface area contributed by atoms with Crippen LogP contribution in [0.15, 0.2) is 28.7 Å². The first-order chi connectivity index (χ1) is 10.1. The van der Waals surface area contributed by atoms with E-state index >= 15 is 0 Å². The van der Waals surface area contributed by atoms with Crippen LogP contribution in [-0.2, 0) is 6.67 Å². The lowest BCUT2D eigenvalue weighted by Gasteiger charge is -2.29. The average Bonchev–Trinajstić information content (AvgIpc) is 2.83. The average molecular weight is 324 g/mol. The SMILES string of the molecule is CC1CCN(Cn2nc(-c3ccccc3Cl)oc2=S)CC1. The Morgan fingerprint density at radius 2 is 2.05 bits per heavy atom. The van der Waals surface area contributed by atoms with E-state index in [1.54, 1.807) is 4.68 Å². The first-order valence-electron chi connectivity index (χ1n) is 7.18. The Balaban J connectivity index is 1.79. The lowest BCUT2D eigenvalue weighted by Crippen LogP contribution is -2.34. The maximum absolute atomic E-state index is 6.17. The van der Waals surface area contributed by atoms with Crippen LogP contribution in [-0.4, -0.2) is 27.8 Å². The van der Waals surface area contributed by atoms with E-state index in [4.69, 9.17) is 28.2 Å². The highest BCUT2D eigenvalue weighted by atomic mass is 35.5. The number of hydrogen-bond acceptors (Lipinski definition) is 4. The molecule has 1 aliphatic heterocycles. The summed E-state index contributed by atoms with van der Waals surface area (Å²) in [5.74, 6) is 1.29. The van der Waals surface area contributed by atoms with Gasteiger partial charge >= 0.3 is 0 Å². The molecule has 0 aliphatic carbocycles. The first kappa shape index (κ1) is 14.8. The maximum Gasteiger partial charge on any atom is 0.288 e. The summed E-state index contributed by atoms with van der Waals surface area (Å²) in [6.07, 6.45) is 2.45. The van der Waals surface area contributed by atoms with E-state index in [0.29, 0.717) is 22.4 Å². The molecule has 0 saturated carbocycles. The number of likely N-dealkylation sites (tertiary alicyclic amines) is 1. The zero-order valence-electron chi connectivity index (χ0n) is 12.0. The van der Waals surface area contributed by atoms with Gasteiger partial charge in [0.2, 0.25) is 5.89 Å². The van der Waals surface area contributed by atoms with Gasteiger partial charge in [-0.2, -0.15) is 0 Å². The molecule has 112 valence electrons. The van der Waals surface area contributed by atoms with Gasteiger partial charge < -0.3 is 4.42 Å². The zero-order valence-corrected chi connectivity index (χ0v) is 13.5. The Kier molecular flexibility index (Phi) is 4.42. The van der Waals surface area contributed by atoms with Gasteiger partial charge in [0, 0.05) is 13.1 Å². The van der Waals surface area contributed by atoms with Gasteiger partial charge in [0.1, 0.15) is 0 Å². The van der Waals surface area contributed by atoms with Gasteiger partial charge in [-0.05, 0) is 43.1 Å². The van der Waals surface area contributed by atoms with Gasteiger partial charge in [0.25, 0.3) is 4.84 Å². The van der Waals surface area contributed by atoms with Crippen LogP contribution in [0, 0.1) is 10.8 Å². The molecule has 2 heterocycles. The molecule has 0 bridgehead atoms. The normalized spacial score (nSPS) is 17.2. The molecule has 1 aliphatic rings. The number of benzene rings is 1. The quantitative estimate of drug-likeness (QED) is 0.792. The molecule has 0 unspecified atom stereocenters. The Morgan fingerprint density at radius 3 is 2.76 bits per heavy atom. The number of piperidine rings is 1. The minimum Gasteiger partial charge on any atom is -0.409 e. The van der Waals surface area contributed by atoms with Crippen molar-refractivity contribution >= 4 is 23.8 Å². The van der Waals surface area contributed by atoms with Gasteiger partial charge in [0.05, 0.1) is 17.3 Å². The fourth-order valence-electron chi connectivity index (χ4n) is 2.53. The summed E-state index contributed by atoms with van der Waals surface area (Å²) in [5.41, 5.74) is 0.774. The Hall–Kier alpha value is -1.17. The Bertz CT molecular complexity index is 674. The summed E-state index contributed by atoms with van der Waals surface area (Å²) in [4.78, 5) is 2.75. The molecule has 0 atom stereocenters. The molecule has 1 aromatic heterocycles. The van der Waals surface area contributed by atoms with E-state index < -0.39 is 0 Å². The number of nitrogens with zero attached hydrogens (tertiary/aromatic N) is 3. The standard InChI is InChI=1S/C15H18ClN3OS/c1-11-6-8-18(9-7-11)10-19-15(21)20-14(17-19)12-4-2-3-5-13(12)16/h2-5,11H,6-10H2,1H3. The predicted octanol–water partition coefficient (Wildman–Crippen LogP) is 4.22. The second kappa shape index (κ2) is 6.30. The molecule has 0 radical (unpaired) electrons. The third-order valence-corrected chi connectivity index (χ3v) is 4.54. The summed E-state index contributed by atoms with van der Waals surface area (Å²) < 4.78 is 7.34. The van der Waals surface area contributed by atoms with E-state index in [1.807, 2.05) is 24.3 Å². The molecule has 21 heavy (non-hydrogen) atoms. The van der Waals surface area contributed by atoms with E-state index in [0.717, 1.165) is 24.6 Å². The lowest BCUT2D eigenvalue weighted by atomic mass is 10.00. The van der Waals surface area contributed by atoms with Crippen molar-refractivity contribution in [2.45, 2.75) is 26.4 Å². The third kappa shape index (κ3) is 3.36. The van der Waals surface area contributed by atoms with Crippen LogP contribution in [0.5, 0.6) is 0 Å². The number of aromatic nitrogens is 2. The molecule has 1 aromatic carbocycles. The maximum atomic E-state index is 6.17. The Labute approximate surface area is 134 Å². The van der Waals surface area contributed by atoms with E-state index in [1.165, 1.54) is 12.8 Å². The predicted molar refractivity (Wildman–Crippen MR) is 85.7 cm³/mol. The number of rotatable bonds is 3. The second-order valence-electron chi connectivity index (χ2n) is 5.59. The van der Waals surface area contributed by atoms with E-state index in [-0.39, 0.29) is 0 Å². The molecular formula is C15H18ClN3OS. The fraction of sp³-hybridized carbons (Fsp3) is 0.467. The summed E-state index contributed by atoms with van der Waals surface area (Å²) in [6.45, 7) is 5.14. The third-order valence-electron chi connectivity index (χ3n) is 3.92. The van der Waals surface area contributed by atoms with Crippen LogP contribution in [0.4, 0.5) is 0 Å². The molecule has 3 rings (SSSR count). The molecule has 2 aromatic rings. The molecule has 4 nitrogen and oxygen atoms in total. The first-order valence-corrected chi connectivity index (χ1v) is 7.97. The van der Waals surface area contributed by atoms with Crippen molar-refractivity contribution < 1.29 is 4.42 Å². The number of halogens is 1. The molecule has 6 heteroatoms. The van der Waals surface area contributed by atoms with Crippen molar-refractivity contribution in [2.75, 3.05) is 13.1 Å². The molecule has 0 amide bonds. The van der Waals surface area contributed by atoms with Crippen LogP contribution in [0.3, 0.4) is 0 Å². The van der Waals surface area contributed by atoms with E-state index in [9.17, 15) is 0 Å². The van der Waals surface area contributed by atoms with Gasteiger partial charge in [-0.1, -0.05) is 30.7 Å². The van der Waals surface area contributed by atoms with Crippen molar-refractivity contribution in [3.63, 3.8) is 0 Å². The van der Waals surface area contributed by atoms with E-state index in [2.05, 4.69) is 16.9 Å². The van der Waals surface area contributed by atoms with Gasteiger partial charge in [-0.25, -0.2) is 4.68 Å². The highest BCUT2D eigenvalue weighted by Crippen LogP contribution is 2.26. The fourth-order valence-corrected chi connectivity index (χ4v) is 2.93. The van der Waals surface area contributed by atoms with Crippen molar-refractivity contribution in [1.82, 2.24) is 14.7 Å². The highest BCUT2D eigenvalue weighted by molar-refractivity contribution is 7.71. The second-order valence-corrected chi connectivity index (χ2v) is 6.35. The Morgan fingerprint density at radius 1 is 1.33 bits per heavy atom. The summed E-state index contributed by atoms with van der Waals surface area (Å²) >= 11 is 11.4. The smallest absolute Gasteiger partial charge is 0.288 e. The van der Waals surface area contributed by atoms with Crippen LogP contribution in [0.1, 0.15) is 19.8 Å². The van der Waals surface area contributed by atoms with Gasteiger partial charge in [-0.15, -0.1) is 5.10 Å². The molecule has 0 N–H and O–H groups in total. The summed E-state index contributed by atoms with van der Waals surface area (Å²) in [5, 5.41) is 5.09. The van der Waals surface area contributed by atoms with Gasteiger partial charge in [-0.3, -0.25) is 4.90 Å². The molecule has 1 fully saturated rings. The monoisotopic (exact) mass is 323 g/mol. The molecular weight excluding hydrogens is 306 g/mol. The van der Waals surface area contributed by atoms with Crippen LogP contribution in [0.2, 0.25) is 5.02 Å². The van der Waals surface area contributed by atoms with Crippen molar-refractivity contribution in [3.8, 4) is 11.5 Å². The van der Waals surface area contributed by atoms with Crippen molar-refractivity contribution in [1.29, 1.82) is 0 Å². The number of hydrogen-bond donors (Lipinski definition) is 0. The molecule has 0 spiro atoms. The summed E-state index contributed by atoms with van der Waals surface area (Å²) in [6, 6.07) is 7.49. The van der Waals surface area contributed by atoms with Gasteiger partial charge in [0.15, 0.2) is 0 Å². The van der Waals surface area contributed by atoms with Crippen molar-refractivity contribution in [3.05, 3.63) is 34.1 Å². The van der Waals surface area contributed by atoms with Crippen LogP contribution >= 0.6 is 23.8 Å². The molecule has 1 saturated heterocycles. The highest BCUT2D eigenvalue weighted by Gasteiger charge is 2.18. The van der Waals surface area contributed by atoms with Crippen molar-refractivity contribution in [2.24, 2.45) is 5.92 Å². The topological polar surface area (TPSA) is 34.2 Å². The zero-order chi connectivity index (χ0) is 14.8. The van der Waals surface area contributed by atoms with Crippen LogP contribution < -0.4 is 0 Å². The lowest BCUT2D eigenvalue weighted by molar-refractivity contribution is 0.144. The largest absolute Gasteiger partial charge is 0.409 e. The minimum absolute atomic E-state index is 0.392. The summed E-state index contributed by atoms with van der Waals surface area (Å²) in [7, 11) is 0.